The number of carbonyl (C=O) groups excluding carboxylic acids is 3. The molecule has 0 saturated heterocycles. The van der Waals surface area contributed by atoms with Crippen molar-refractivity contribution in [2.24, 2.45) is 0 Å². The number of methoxy groups -OCH3 is 1. The summed E-state index contributed by atoms with van der Waals surface area (Å²) in [5.41, 5.74) is -1.43. The fourth-order valence-corrected chi connectivity index (χ4v) is 2.15. The molecule has 0 bridgehead atoms. The van der Waals surface area contributed by atoms with Gasteiger partial charge in [0, 0.05) is 12.8 Å². The Morgan fingerprint density at radius 1 is 1.17 bits per heavy atom. The molecule has 1 N–H and O–H groups in total. The van der Waals surface area contributed by atoms with E-state index in [9.17, 15) is 14.4 Å². The molecule has 0 aromatic heterocycles. The highest BCUT2D eigenvalue weighted by Gasteiger charge is 2.42. The smallest absolute Gasteiger partial charge is 0.408 e. The second-order valence-electron chi connectivity index (χ2n) is 6.23. The second kappa shape index (κ2) is 7.76. The van der Waals surface area contributed by atoms with E-state index in [0.717, 1.165) is 5.56 Å². The van der Waals surface area contributed by atoms with E-state index in [4.69, 9.17) is 9.47 Å². The van der Waals surface area contributed by atoms with Gasteiger partial charge in [-0.05, 0) is 26.3 Å². The van der Waals surface area contributed by atoms with Crippen LogP contribution in [0.15, 0.2) is 30.3 Å². The molecule has 1 aromatic rings. The maximum Gasteiger partial charge on any atom is 0.408 e. The lowest BCUT2D eigenvalue weighted by Gasteiger charge is -2.31. The Morgan fingerprint density at radius 3 is 2.26 bits per heavy atom. The number of rotatable bonds is 6. The van der Waals surface area contributed by atoms with E-state index in [1.165, 1.54) is 7.11 Å². The zero-order valence-corrected chi connectivity index (χ0v) is 13.9. The van der Waals surface area contributed by atoms with Gasteiger partial charge in [-0.2, -0.15) is 0 Å². The van der Waals surface area contributed by atoms with Crippen molar-refractivity contribution in [3.63, 3.8) is 0 Å². The fourth-order valence-electron chi connectivity index (χ4n) is 2.15. The molecule has 1 rings (SSSR count). The molecule has 1 unspecified atom stereocenters. The predicted molar refractivity (Wildman–Crippen MR) is 84.9 cm³/mol. The average molecular weight is 321 g/mol. The highest BCUT2D eigenvalue weighted by molar-refractivity contribution is 5.88. The second-order valence-corrected chi connectivity index (χ2v) is 6.23. The summed E-state index contributed by atoms with van der Waals surface area (Å²) >= 11 is 0. The van der Waals surface area contributed by atoms with Gasteiger partial charge in [0.1, 0.15) is 11.9 Å². The largest absolute Gasteiger partial charge is 0.467 e. The van der Waals surface area contributed by atoms with Gasteiger partial charge in [-0.1, -0.05) is 30.3 Å². The van der Waals surface area contributed by atoms with Gasteiger partial charge in [-0.15, -0.1) is 0 Å². The van der Waals surface area contributed by atoms with Crippen LogP contribution in [0.25, 0.3) is 0 Å². The molecule has 0 fully saturated rings. The number of carbonyl (C=O) groups is 3. The molecule has 23 heavy (non-hydrogen) atoms. The average Bonchev–Trinajstić information content (AvgIpc) is 2.45. The molecule has 126 valence electrons. The van der Waals surface area contributed by atoms with E-state index in [-0.39, 0.29) is 12.8 Å². The van der Waals surface area contributed by atoms with Crippen molar-refractivity contribution in [2.75, 3.05) is 7.11 Å². The number of benzene rings is 1. The molecule has 6 heteroatoms. The Bertz CT molecular complexity index is 550. The third-order valence-electron chi connectivity index (χ3n) is 3.10. The molecular formula is C17H23NO5. The molecule has 0 aliphatic rings. The number of esters is 1. The van der Waals surface area contributed by atoms with Crippen molar-refractivity contribution in [3.8, 4) is 0 Å². The molecule has 0 aliphatic carbocycles. The van der Waals surface area contributed by atoms with E-state index in [1.54, 1.807) is 32.9 Å². The number of hydrogen-bond donors (Lipinski definition) is 1. The van der Waals surface area contributed by atoms with Crippen LogP contribution in [-0.4, -0.2) is 36.6 Å². The van der Waals surface area contributed by atoms with Gasteiger partial charge in [0.05, 0.1) is 7.11 Å². The number of ether oxygens (including phenoxy) is 2. The monoisotopic (exact) mass is 321 g/mol. The predicted octanol–water partition coefficient (Wildman–Crippen LogP) is 2.25. The van der Waals surface area contributed by atoms with E-state index >= 15 is 0 Å². The van der Waals surface area contributed by atoms with Gasteiger partial charge in [0.15, 0.2) is 5.54 Å². The van der Waals surface area contributed by atoms with Crippen LogP contribution in [0.5, 0.6) is 0 Å². The molecule has 1 atom stereocenters. The van der Waals surface area contributed by atoms with Gasteiger partial charge in [-0.3, -0.25) is 0 Å². The standard InChI is InChI=1S/C17H23NO5/c1-16(2,3)23-15(21)18-17(10-11-19,14(20)22-4)12-13-8-6-5-7-9-13/h5-9,11H,10,12H2,1-4H3,(H,18,21). The first-order chi connectivity index (χ1) is 10.7. The van der Waals surface area contributed by atoms with E-state index < -0.39 is 23.2 Å². The summed E-state index contributed by atoms with van der Waals surface area (Å²) in [6.07, 6.45) is -0.288. The summed E-state index contributed by atoms with van der Waals surface area (Å²) in [5.74, 6) is -0.695. The Kier molecular flexibility index (Phi) is 6.30. The number of hydrogen-bond acceptors (Lipinski definition) is 5. The minimum absolute atomic E-state index is 0.124. The molecule has 0 heterocycles. The molecule has 1 amide bonds. The Labute approximate surface area is 136 Å². The molecule has 0 aliphatic heterocycles. The van der Waals surface area contributed by atoms with Crippen molar-refractivity contribution < 1.29 is 23.9 Å². The van der Waals surface area contributed by atoms with Crippen LogP contribution in [0.1, 0.15) is 32.8 Å². The van der Waals surface area contributed by atoms with Crippen molar-refractivity contribution in [2.45, 2.75) is 44.8 Å². The minimum Gasteiger partial charge on any atom is -0.467 e. The maximum atomic E-state index is 12.3. The fraction of sp³-hybridized carbons (Fsp3) is 0.471. The van der Waals surface area contributed by atoms with Crippen LogP contribution in [0, 0.1) is 0 Å². The lowest BCUT2D eigenvalue weighted by Crippen LogP contribution is -2.57. The summed E-state index contributed by atoms with van der Waals surface area (Å²) in [6.45, 7) is 5.13. The number of alkyl carbamates (subject to hydrolysis) is 1. The maximum absolute atomic E-state index is 12.3. The quantitative estimate of drug-likeness (QED) is 0.642. The van der Waals surface area contributed by atoms with Gasteiger partial charge >= 0.3 is 12.1 Å². The summed E-state index contributed by atoms with van der Waals surface area (Å²) in [4.78, 5) is 35.5. The first-order valence-electron chi connectivity index (χ1n) is 7.29. The Morgan fingerprint density at radius 2 is 1.78 bits per heavy atom. The number of nitrogens with one attached hydrogen (secondary N) is 1. The summed E-state index contributed by atoms with van der Waals surface area (Å²) in [7, 11) is 1.21. The highest BCUT2D eigenvalue weighted by atomic mass is 16.6. The minimum atomic E-state index is -1.50. The molecular weight excluding hydrogens is 298 g/mol. The summed E-state index contributed by atoms with van der Waals surface area (Å²) in [5, 5.41) is 2.52. The topological polar surface area (TPSA) is 81.7 Å². The number of amides is 1. The zero-order valence-electron chi connectivity index (χ0n) is 13.9. The number of aldehydes is 1. The Hall–Kier alpha value is -2.37. The highest BCUT2D eigenvalue weighted by Crippen LogP contribution is 2.20. The van der Waals surface area contributed by atoms with Gasteiger partial charge in [-0.25, -0.2) is 9.59 Å². The molecule has 1 aromatic carbocycles. The molecule has 0 radical (unpaired) electrons. The first-order valence-corrected chi connectivity index (χ1v) is 7.29. The molecule has 6 nitrogen and oxygen atoms in total. The lowest BCUT2D eigenvalue weighted by molar-refractivity contribution is -0.149. The van der Waals surface area contributed by atoms with Crippen molar-refractivity contribution in [1.82, 2.24) is 5.32 Å². The van der Waals surface area contributed by atoms with Crippen molar-refractivity contribution in [3.05, 3.63) is 35.9 Å². The van der Waals surface area contributed by atoms with Crippen LogP contribution in [0.4, 0.5) is 4.79 Å². The van der Waals surface area contributed by atoms with Crippen LogP contribution >= 0.6 is 0 Å². The van der Waals surface area contributed by atoms with Crippen LogP contribution in [0.3, 0.4) is 0 Å². The van der Waals surface area contributed by atoms with Crippen LogP contribution in [0.2, 0.25) is 0 Å². The van der Waals surface area contributed by atoms with Gasteiger partial charge < -0.3 is 19.6 Å². The van der Waals surface area contributed by atoms with Crippen molar-refractivity contribution in [1.29, 1.82) is 0 Å². The molecule has 0 spiro atoms. The normalized spacial score (nSPS) is 13.6. The van der Waals surface area contributed by atoms with Gasteiger partial charge in [0.2, 0.25) is 0 Å². The zero-order chi connectivity index (χ0) is 17.5. The lowest BCUT2D eigenvalue weighted by atomic mass is 9.88. The SMILES string of the molecule is COC(=O)C(CC=O)(Cc1ccccc1)NC(=O)OC(C)(C)C. The first kappa shape index (κ1) is 18.7. The van der Waals surface area contributed by atoms with E-state index in [2.05, 4.69) is 5.32 Å². The van der Waals surface area contributed by atoms with Crippen molar-refractivity contribution >= 4 is 18.3 Å². The molecule has 0 saturated carbocycles. The summed E-state index contributed by atoms with van der Waals surface area (Å²) < 4.78 is 10.0. The van der Waals surface area contributed by atoms with Gasteiger partial charge in [0.25, 0.3) is 0 Å². The summed E-state index contributed by atoms with van der Waals surface area (Å²) in [6, 6.07) is 9.07. The van der Waals surface area contributed by atoms with E-state index in [1.807, 2.05) is 18.2 Å². The third-order valence-corrected chi connectivity index (χ3v) is 3.10. The third kappa shape index (κ3) is 5.73. The van der Waals surface area contributed by atoms with E-state index in [0.29, 0.717) is 6.29 Å². The Balaban J connectivity index is 3.10. The van der Waals surface area contributed by atoms with Crippen LogP contribution in [-0.2, 0) is 25.5 Å². The van der Waals surface area contributed by atoms with Crippen LogP contribution < -0.4 is 5.32 Å².